The van der Waals surface area contributed by atoms with Gasteiger partial charge in [-0.3, -0.25) is 4.18 Å². The molecule has 1 aliphatic heterocycles. The van der Waals surface area contributed by atoms with Crippen LogP contribution in [0, 0.1) is 11.3 Å². The predicted molar refractivity (Wildman–Crippen MR) is 149 cm³/mol. The molecule has 0 amide bonds. The quantitative estimate of drug-likeness (QED) is 0.286. The molecule has 15 nitrogen and oxygen atoms in total. The Bertz CT molecular complexity index is 1860. The lowest BCUT2D eigenvalue weighted by atomic mass is 10.0. The third-order valence-electron chi connectivity index (χ3n) is 6.47. The van der Waals surface area contributed by atoms with E-state index >= 15 is 0 Å². The average Bonchev–Trinajstić information content (AvgIpc) is 3.54. The van der Waals surface area contributed by atoms with Gasteiger partial charge in [-0.25, -0.2) is 23.1 Å². The molecule has 1 fully saturated rings. The Kier molecular flexibility index (Phi) is 7.50. The maximum absolute atomic E-state index is 12.1. The van der Waals surface area contributed by atoms with Gasteiger partial charge in [0.25, 0.3) is 10.1 Å². The molecule has 41 heavy (non-hydrogen) atoms. The Balaban J connectivity index is 1.49. The molecule has 0 saturated carbocycles. The largest absolute Gasteiger partial charge is 0.382 e. The molecule has 1 aliphatic rings. The van der Waals surface area contributed by atoms with Crippen molar-refractivity contribution in [2.24, 2.45) is 0 Å². The monoisotopic (exact) mass is 600 g/mol. The summed E-state index contributed by atoms with van der Waals surface area (Å²) in [5.74, 6) is 0.492. The number of anilines is 1. The summed E-state index contributed by atoms with van der Waals surface area (Å²) < 4.78 is 57.7. The van der Waals surface area contributed by atoms with Crippen molar-refractivity contribution in [2.45, 2.75) is 38.5 Å². The number of rotatable bonds is 8. The van der Waals surface area contributed by atoms with Gasteiger partial charge in [-0.2, -0.15) is 27.8 Å². The molecule has 5 rings (SSSR count). The normalized spacial score (nSPS) is 18.5. The van der Waals surface area contributed by atoms with Crippen LogP contribution in [0.5, 0.6) is 0 Å². The van der Waals surface area contributed by atoms with Crippen LogP contribution in [0.15, 0.2) is 36.9 Å². The lowest BCUT2D eigenvalue weighted by Crippen LogP contribution is -2.48. The van der Waals surface area contributed by atoms with Gasteiger partial charge in [0.1, 0.15) is 17.9 Å². The summed E-state index contributed by atoms with van der Waals surface area (Å²) >= 11 is 0. The van der Waals surface area contributed by atoms with Gasteiger partial charge >= 0.3 is 0 Å². The minimum atomic E-state index is -3.88. The van der Waals surface area contributed by atoms with Gasteiger partial charge in [-0.1, -0.05) is 5.21 Å². The van der Waals surface area contributed by atoms with Crippen LogP contribution in [-0.2, 0) is 24.3 Å². The zero-order chi connectivity index (χ0) is 29.5. The molecule has 5 heterocycles. The van der Waals surface area contributed by atoms with Gasteiger partial charge in [0.2, 0.25) is 10.0 Å². The maximum atomic E-state index is 12.1. The Morgan fingerprint density at radius 1 is 1.12 bits per heavy atom. The molecular weight excluding hydrogens is 572 g/mol. The smallest absolute Gasteiger partial charge is 0.264 e. The van der Waals surface area contributed by atoms with Gasteiger partial charge in [-0.05, 0) is 26.3 Å². The van der Waals surface area contributed by atoms with Crippen molar-refractivity contribution in [3.05, 3.63) is 42.5 Å². The number of nitriles is 1. The number of sulfonamides is 1. The standard InChI is InChI=1S/C24H28N10O5S2/c1-15(2)29-19-8-23(34-24-17(11-28-34)7-16(9-25)10-27-24)26-12-18(19)20-13-33(31-30-20)21-5-6-32(40(3,35)36)14-22(21)39-41(4,37)38/h7-8,10-13,15,21-22H,5-6,14H2,1-4H3,(H,26,29)/t21-,22-/m0/s1. The molecular formula is C24H28N10O5S2. The van der Waals surface area contributed by atoms with E-state index in [4.69, 9.17) is 9.44 Å². The van der Waals surface area contributed by atoms with Crippen molar-refractivity contribution in [3.63, 3.8) is 0 Å². The fourth-order valence-electron chi connectivity index (χ4n) is 4.71. The van der Waals surface area contributed by atoms with Gasteiger partial charge in [0, 0.05) is 54.2 Å². The summed E-state index contributed by atoms with van der Waals surface area (Å²) in [7, 11) is -7.42. The van der Waals surface area contributed by atoms with E-state index in [1.165, 1.54) is 15.2 Å². The minimum Gasteiger partial charge on any atom is -0.382 e. The van der Waals surface area contributed by atoms with Crippen molar-refractivity contribution >= 4 is 36.9 Å². The van der Waals surface area contributed by atoms with Crippen molar-refractivity contribution in [1.29, 1.82) is 5.26 Å². The molecule has 216 valence electrons. The van der Waals surface area contributed by atoms with Crippen LogP contribution in [0.2, 0.25) is 0 Å². The first-order chi connectivity index (χ1) is 19.3. The highest BCUT2D eigenvalue weighted by atomic mass is 32.2. The van der Waals surface area contributed by atoms with E-state index < -0.39 is 32.3 Å². The molecule has 2 atom stereocenters. The third-order valence-corrected chi connectivity index (χ3v) is 8.33. The van der Waals surface area contributed by atoms with Crippen LogP contribution in [0.1, 0.15) is 31.9 Å². The number of aromatic nitrogens is 7. The number of nitrogens with zero attached hydrogens (tertiary/aromatic N) is 9. The van der Waals surface area contributed by atoms with Crippen molar-refractivity contribution < 1.29 is 21.0 Å². The summed E-state index contributed by atoms with van der Waals surface area (Å²) in [6.07, 6.45) is 7.66. The van der Waals surface area contributed by atoms with Crippen molar-refractivity contribution in [3.8, 4) is 23.1 Å². The molecule has 0 radical (unpaired) electrons. The Labute approximate surface area is 236 Å². The number of hydrogen-bond donors (Lipinski definition) is 1. The second-order valence-corrected chi connectivity index (χ2v) is 13.7. The van der Waals surface area contributed by atoms with Crippen LogP contribution in [0.25, 0.3) is 28.1 Å². The second kappa shape index (κ2) is 10.8. The zero-order valence-corrected chi connectivity index (χ0v) is 24.3. The maximum Gasteiger partial charge on any atom is 0.264 e. The molecule has 1 saturated heterocycles. The zero-order valence-electron chi connectivity index (χ0n) is 22.7. The summed E-state index contributed by atoms with van der Waals surface area (Å²) in [6, 6.07) is 5.06. The van der Waals surface area contributed by atoms with Crippen LogP contribution in [0.4, 0.5) is 5.69 Å². The highest BCUT2D eigenvalue weighted by Crippen LogP contribution is 2.32. The first-order valence-corrected chi connectivity index (χ1v) is 16.3. The molecule has 0 aliphatic carbocycles. The molecule has 0 unspecified atom stereocenters. The number of nitrogens with one attached hydrogen (secondary N) is 1. The first kappa shape index (κ1) is 28.5. The predicted octanol–water partition coefficient (Wildman–Crippen LogP) is 1.32. The molecule has 0 spiro atoms. The summed E-state index contributed by atoms with van der Waals surface area (Å²) in [4.78, 5) is 8.94. The summed E-state index contributed by atoms with van der Waals surface area (Å²) in [5.41, 5.74) is 2.78. The third kappa shape index (κ3) is 6.20. The van der Waals surface area contributed by atoms with E-state index in [-0.39, 0.29) is 25.6 Å². The van der Waals surface area contributed by atoms with Gasteiger partial charge in [0.15, 0.2) is 11.5 Å². The second-order valence-electron chi connectivity index (χ2n) is 10.1. The van der Waals surface area contributed by atoms with Crippen molar-refractivity contribution in [1.82, 2.24) is 39.0 Å². The fourth-order valence-corrected chi connectivity index (χ4v) is 6.20. The lowest BCUT2D eigenvalue weighted by Gasteiger charge is -2.36. The Morgan fingerprint density at radius 2 is 1.90 bits per heavy atom. The van der Waals surface area contributed by atoms with E-state index in [1.54, 1.807) is 35.4 Å². The summed E-state index contributed by atoms with van der Waals surface area (Å²) in [5, 5.41) is 26.2. The Morgan fingerprint density at radius 3 is 2.59 bits per heavy atom. The average molecular weight is 601 g/mol. The SMILES string of the molecule is CC(C)Nc1cc(-n2ncc3cc(C#N)cnc32)ncc1-c1cn([C@H]2CCN(S(C)(=O)=O)C[C@@H]2OS(C)(=O)=O)nn1. The number of piperidine rings is 1. The lowest BCUT2D eigenvalue weighted by molar-refractivity contribution is 0.0772. The Hall–Kier alpha value is -3.98. The molecule has 1 N–H and O–H groups in total. The molecule has 0 aromatic carbocycles. The van der Waals surface area contributed by atoms with E-state index in [0.29, 0.717) is 39.4 Å². The molecule has 4 aromatic rings. The topological polar surface area (TPSA) is 191 Å². The van der Waals surface area contributed by atoms with Crippen LogP contribution in [-0.4, -0.2) is 93.6 Å². The van der Waals surface area contributed by atoms with Crippen molar-refractivity contribution in [2.75, 3.05) is 30.9 Å². The van der Waals surface area contributed by atoms with Gasteiger partial charge in [0.05, 0.1) is 36.5 Å². The first-order valence-electron chi connectivity index (χ1n) is 12.6. The summed E-state index contributed by atoms with van der Waals surface area (Å²) in [6.45, 7) is 4.01. The number of hydrogen-bond acceptors (Lipinski definition) is 12. The molecule has 17 heteroatoms. The highest BCUT2D eigenvalue weighted by molar-refractivity contribution is 7.88. The molecule has 4 aromatic heterocycles. The van der Waals surface area contributed by atoms with E-state index in [2.05, 4.69) is 36.8 Å². The highest BCUT2D eigenvalue weighted by Gasteiger charge is 2.37. The van der Waals surface area contributed by atoms with Crippen LogP contribution >= 0.6 is 0 Å². The number of pyridine rings is 2. The van der Waals surface area contributed by atoms with Crippen LogP contribution in [0.3, 0.4) is 0 Å². The van der Waals surface area contributed by atoms with Gasteiger partial charge < -0.3 is 5.32 Å². The molecule has 0 bridgehead atoms. The van der Waals surface area contributed by atoms with E-state index in [1.807, 2.05) is 13.8 Å². The van der Waals surface area contributed by atoms with Gasteiger partial charge in [-0.15, -0.1) is 5.10 Å². The fraction of sp³-hybridized carbons (Fsp3) is 0.417. The van der Waals surface area contributed by atoms with E-state index in [9.17, 15) is 16.8 Å². The van der Waals surface area contributed by atoms with E-state index in [0.717, 1.165) is 12.5 Å². The minimum absolute atomic E-state index is 0.0533. The van der Waals surface area contributed by atoms with Crippen LogP contribution < -0.4 is 5.32 Å². The number of fused-ring (bicyclic) bond motifs is 1.